The van der Waals surface area contributed by atoms with Crippen molar-refractivity contribution in [1.82, 2.24) is 15.3 Å². The second-order valence-corrected chi connectivity index (χ2v) is 8.71. The highest BCUT2D eigenvalue weighted by atomic mass is 16.5. The number of hydrogen-bond donors (Lipinski definition) is 3. The Bertz CT molecular complexity index is 1100. The molecule has 2 amide bonds. The summed E-state index contributed by atoms with van der Waals surface area (Å²) >= 11 is 0. The SMILES string of the molecule is COc1cccc(NC(=O)NC[C@H]2CC[C@@H](Nc3nc(N(C)C)c4ccccc4n3)CC2)c1. The number of benzene rings is 2. The molecule has 8 heteroatoms. The van der Waals surface area contributed by atoms with Gasteiger partial charge in [0.15, 0.2) is 0 Å². The lowest BCUT2D eigenvalue weighted by Crippen LogP contribution is -2.36. The molecule has 0 bridgehead atoms. The van der Waals surface area contributed by atoms with Crippen LogP contribution in [-0.2, 0) is 0 Å². The number of para-hydroxylation sites is 1. The van der Waals surface area contributed by atoms with E-state index < -0.39 is 0 Å². The Morgan fingerprint density at radius 3 is 2.61 bits per heavy atom. The van der Waals surface area contributed by atoms with E-state index in [-0.39, 0.29) is 6.03 Å². The standard InChI is InChI=1S/C25H32N6O2/c1-31(2)23-21-9-4-5-10-22(21)29-24(30-23)27-18-13-11-17(12-14-18)16-26-25(32)28-19-7-6-8-20(15-19)33-3/h4-10,15,17-18H,11-14,16H2,1-3H3,(H2,26,28,32)(H,27,29,30)/t17-,18+. The van der Waals surface area contributed by atoms with E-state index in [4.69, 9.17) is 14.7 Å². The number of methoxy groups -OCH3 is 1. The number of rotatable bonds is 7. The van der Waals surface area contributed by atoms with Crippen LogP contribution in [0.15, 0.2) is 48.5 Å². The van der Waals surface area contributed by atoms with Crippen LogP contribution >= 0.6 is 0 Å². The fourth-order valence-electron chi connectivity index (χ4n) is 4.27. The highest BCUT2D eigenvalue weighted by Gasteiger charge is 2.22. The van der Waals surface area contributed by atoms with E-state index in [1.54, 1.807) is 13.2 Å². The molecule has 0 atom stereocenters. The number of carbonyl (C=O) groups is 1. The highest BCUT2D eigenvalue weighted by molar-refractivity contribution is 5.90. The van der Waals surface area contributed by atoms with Gasteiger partial charge in [0.25, 0.3) is 0 Å². The third kappa shape index (κ3) is 5.83. The second kappa shape index (κ2) is 10.4. The Labute approximate surface area is 194 Å². The number of urea groups is 1. The van der Waals surface area contributed by atoms with Crippen LogP contribution in [0, 0.1) is 5.92 Å². The summed E-state index contributed by atoms with van der Waals surface area (Å²) in [7, 11) is 5.61. The summed E-state index contributed by atoms with van der Waals surface area (Å²) < 4.78 is 5.19. The fraction of sp³-hybridized carbons (Fsp3) is 0.400. The van der Waals surface area contributed by atoms with Gasteiger partial charge in [-0.1, -0.05) is 18.2 Å². The molecule has 174 valence electrons. The van der Waals surface area contributed by atoms with Crippen LogP contribution < -0.4 is 25.6 Å². The van der Waals surface area contributed by atoms with Crippen molar-refractivity contribution in [2.24, 2.45) is 5.92 Å². The number of hydrogen-bond acceptors (Lipinski definition) is 6. The van der Waals surface area contributed by atoms with Gasteiger partial charge < -0.3 is 25.6 Å². The first-order valence-corrected chi connectivity index (χ1v) is 11.4. The molecule has 1 saturated carbocycles. The average Bonchev–Trinajstić information content (AvgIpc) is 2.83. The van der Waals surface area contributed by atoms with Crippen molar-refractivity contribution in [3.8, 4) is 5.75 Å². The number of amides is 2. The first kappa shape index (κ1) is 22.6. The van der Waals surface area contributed by atoms with E-state index in [0.29, 0.717) is 35.9 Å². The van der Waals surface area contributed by atoms with Crippen LogP contribution in [0.3, 0.4) is 0 Å². The quantitative estimate of drug-likeness (QED) is 0.493. The lowest BCUT2D eigenvalue weighted by molar-refractivity contribution is 0.246. The number of aromatic nitrogens is 2. The van der Waals surface area contributed by atoms with Crippen LogP contribution in [0.1, 0.15) is 25.7 Å². The van der Waals surface area contributed by atoms with Gasteiger partial charge in [0.05, 0.1) is 12.6 Å². The molecule has 1 aliphatic rings. The first-order chi connectivity index (χ1) is 16.0. The molecule has 1 fully saturated rings. The maximum Gasteiger partial charge on any atom is 0.319 e. The zero-order valence-corrected chi connectivity index (χ0v) is 19.5. The summed E-state index contributed by atoms with van der Waals surface area (Å²) in [6, 6.07) is 15.6. The Hall–Kier alpha value is -3.55. The molecule has 1 heterocycles. The number of nitrogens with one attached hydrogen (secondary N) is 3. The van der Waals surface area contributed by atoms with Crippen molar-refractivity contribution in [3.05, 3.63) is 48.5 Å². The Kier molecular flexibility index (Phi) is 7.12. The minimum absolute atomic E-state index is 0.190. The molecule has 1 aliphatic carbocycles. The monoisotopic (exact) mass is 448 g/mol. The second-order valence-electron chi connectivity index (χ2n) is 8.71. The zero-order valence-electron chi connectivity index (χ0n) is 19.5. The summed E-state index contributed by atoms with van der Waals surface area (Å²) in [5.74, 6) is 2.78. The van der Waals surface area contributed by atoms with E-state index in [0.717, 1.165) is 42.4 Å². The summed E-state index contributed by atoms with van der Waals surface area (Å²) in [4.78, 5) is 23.8. The van der Waals surface area contributed by atoms with E-state index >= 15 is 0 Å². The lowest BCUT2D eigenvalue weighted by atomic mass is 9.86. The van der Waals surface area contributed by atoms with Gasteiger partial charge in [-0.05, 0) is 55.9 Å². The predicted octanol–water partition coefficient (Wildman–Crippen LogP) is 4.50. The Morgan fingerprint density at radius 2 is 1.85 bits per heavy atom. The molecule has 3 N–H and O–H groups in total. The fourth-order valence-corrected chi connectivity index (χ4v) is 4.27. The normalized spacial score (nSPS) is 17.9. The lowest BCUT2D eigenvalue weighted by Gasteiger charge is -2.29. The summed E-state index contributed by atoms with van der Waals surface area (Å²) in [6.45, 7) is 0.666. The average molecular weight is 449 g/mol. The molecule has 8 nitrogen and oxygen atoms in total. The maximum atomic E-state index is 12.3. The van der Waals surface area contributed by atoms with Gasteiger partial charge >= 0.3 is 6.03 Å². The molecule has 0 unspecified atom stereocenters. The number of carbonyl (C=O) groups excluding carboxylic acids is 1. The van der Waals surface area contributed by atoms with Crippen LogP contribution in [0.25, 0.3) is 10.9 Å². The van der Waals surface area contributed by atoms with E-state index in [1.165, 1.54) is 0 Å². The van der Waals surface area contributed by atoms with Crippen molar-refractivity contribution in [3.63, 3.8) is 0 Å². The van der Waals surface area contributed by atoms with E-state index in [1.807, 2.05) is 55.4 Å². The van der Waals surface area contributed by atoms with Crippen LogP contribution in [-0.4, -0.2) is 49.8 Å². The van der Waals surface area contributed by atoms with Gasteiger partial charge in [0, 0.05) is 43.8 Å². The molecular weight excluding hydrogens is 416 g/mol. The molecule has 0 saturated heterocycles. The largest absolute Gasteiger partial charge is 0.497 e. The van der Waals surface area contributed by atoms with E-state index in [9.17, 15) is 4.79 Å². The molecule has 0 spiro atoms. The first-order valence-electron chi connectivity index (χ1n) is 11.4. The van der Waals surface area contributed by atoms with Crippen LogP contribution in [0.4, 0.5) is 22.2 Å². The molecule has 0 aliphatic heterocycles. The number of ether oxygens (including phenoxy) is 1. The predicted molar refractivity (Wildman–Crippen MR) is 133 cm³/mol. The van der Waals surface area contributed by atoms with Gasteiger partial charge in [-0.25, -0.2) is 9.78 Å². The summed E-state index contributed by atoms with van der Waals surface area (Å²) in [5.41, 5.74) is 1.66. The van der Waals surface area contributed by atoms with Gasteiger partial charge in [0.2, 0.25) is 5.95 Å². The Morgan fingerprint density at radius 1 is 1.06 bits per heavy atom. The van der Waals surface area contributed by atoms with Gasteiger partial charge in [-0.15, -0.1) is 0 Å². The topological polar surface area (TPSA) is 91.4 Å². The molecule has 3 aromatic rings. The third-order valence-electron chi connectivity index (χ3n) is 6.07. The van der Waals surface area contributed by atoms with Crippen molar-refractivity contribution < 1.29 is 9.53 Å². The van der Waals surface area contributed by atoms with Gasteiger partial charge in [-0.2, -0.15) is 4.98 Å². The van der Waals surface area contributed by atoms with Crippen molar-refractivity contribution in [1.29, 1.82) is 0 Å². The van der Waals surface area contributed by atoms with Crippen molar-refractivity contribution >= 4 is 34.4 Å². The Balaban J connectivity index is 1.26. The van der Waals surface area contributed by atoms with E-state index in [2.05, 4.69) is 22.0 Å². The number of fused-ring (bicyclic) bond motifs is 1. The van der Waals surface area contributed by atoms with Gasteiger partial charge in [0.1, 0.15) is 11.6 Å². The van der Waals surface area contributed by atoms with Crippen molar-refractivity contribution in [2.75, 3.05) is 43.3 Å². The number of nitrogens with zero attached hydrogens (tertiary/aromatic N) is 3. The summed E-state index contributed by atoms with van der Waals surface area (Å²) in [6.07, 6.45) is 4.14. The minimum Gasteiger partial charge on any atom is -0.497 e. The molecule has 33 heavy (non-hydrogen) atoms. The molecule has 0 radical (unpaired) electrons. The molecule has 1 aromatic heterocycles. The highest BCUT2D eigenvalue weighted by Crippen LogP contribution is 2.28. The number of anilines is 3. The molecular formula is C25H32N6O2. The smallest absolute Gasteiger partial charge is 0.319 e. The summed E-state index contributed by atoms with van der Waals surface area (Å²) in [5, 5.41) is 10.5. The maximum absolute atomic E-state index is 12.3. The molecule has 2 aromatic carbocycles. The molecule has 4 rings (SSSR count). The van der Waals surface area contributed by atoms with Crippen molar-refractivity contribution in [2.45, 2.75) is 31.7 Å². The van der Waals surface area contributed by atoms with Crippen LogP contribution in [0.2, 0.25) is 0 Å². The third-order valence-corrected chi connectivity index (χ3v) is 6.07. The zero-order chi connectivity index (χ0) is 23.2. The van der Waals surface area contributed by atoms with Gasteiger partial charge in [-0.3, -0.25) is 0 Å². The van der Waals surface area contributed by atoms with Crippen LogP contribution in [0.5, 0.6) is 5.75 Å². The minimum atomic E-state index is -0.190.